The summed E-state index contributed by atoms with van der Waals surface area (Å²) in [5.74, 6) is -1.82. The Labute approximate surface area is 75.3 Å². The molecule has 6 nitrogen and oxygen atoms in total. The van der Waals surface area contributed by atoms with Gasteiger partial charge in [-0.25, -0.2) is 4.68 Å². The molecule has 1 N–H and O–H groups in total. The normalized spacial score (nSPS) is 11.6. The van der Waals surface area contributed by atoms with Crippen LogP contribution in [0.15, 0.2) is 0 Å². The second kappa shape index (κ2) is 3.60. The van der Waals surface area contributed by atoms with Crippen LogP contribution in [0.1, 0.15) is 5.82 Å². The van der Waals surface area contributed by atoms with Crippen molar-refractivity contribution in [1.82, 2.24) is 20.2 Å². The Morgan fingerprint density at radius 1 is 1.50 bits per heavy atom. The van der Waals surface area contributed by atoms with E-state index in [4.69, 9.17) is 5.11 Å². The van der Waals surface area contributed by atoms with Crippen LogP contribution in [0.3, 0.4) is 0 Å². The number of tetrazole rings is 1. The summed E-state index contributed by atoms with van der Waals surface area (Å²) in [5, 5.41) is 17.5. The van der Waals surface area contributed by atoms with Crippen LogP contribution in [0.4, 0.5) is 13.2 Å². The third kappa shape index (κ3) is 2.99. The minimum absolute atomic E-state index is 0.514. The van der Waals surface area contributed by atoms with Crippen molar-refractivity contribution >= 4 is 5.97 Å². The molecule has 1 rings (SSSR count). The number of halogens is 3. The Bertz CT molecular complexity index is 334. The summed E-state index contributed by atoms with van der Waals surface area (Å²) in [6, 6.07) is 0. The van der Waals surface area contributed by atoms with Crippen molar-refractivity contribution in [3.8, 4) is 0 Å². The maximum atomic E-state index is 11.9. The number of hydrogen-bond acceptors (Lipinski definition) is 4. The molecule has 0 spiro atoms. The molecule has 1 aromatic rings. The van der Waals surface area contributed by atoms with Gasteiger partial charge in [0.2, 0.25) is 0 Å². The second-order valence-corrected chi connectivity index (χ2v) is 2.44. The van der Waals surface area contributed by atoms with Gasteiger partial charge in [0.1, 0.15) is 13.0 Å². The maximum absolute atomic E-state index is 11.9. The number of hydrogen-bond donors (Lipinski definition) is 1. The molecule has 9 heteroatoms. The molecular formula is C5H5F3N4O2. The molecular weight excluding hydrogens is 205 g/mol. The van der Waals surface area contributed by atoms with Crippen molar-refractivity contribution in [2.45, 2.75) is 19.1 Å². The SMILES string of the molecule is O=C(O)Cn1nnnc1CC(F)(F)F. The van der Waals surface area contributed by atoms with Gasteiger partial charge in [-0.2, -0.15) is 13.2 Å². The van der Waals surface area contributed by atoms with Gasteiger partial charge in [-0.05, 0) is 10.4 Å². The zero-order valence-electron chi connectivity index (χ0n) is 6.69. The summed E-state index contributed by atoms with van der Waals surface area (Å²) in [6.07, 6.45) is -5.79. The predicted octanol–water partition coefficient (Wildman–Crippen LogP) is -0.138. The zero-order valence-corrected chi connectivity index (χ0v) is 6.69. The molecule has 0 fully saturated rings. The third-order valence-corrected chi connectivity index (χ3v) is 1.25. The molecule has 0 aliphatic rings. The molecule has 1 aromatic heterocycles. The smallest absolute Gasteiger partial charge is 0.396 e. The highest BCUT2D eigenvalue weighted by Gasteiger charge is 2.31. The maximum Gasteiger partial charge on any atom is 0.396 e. The fourth-order valence-electron chi connectivity index (χ4n) is 0.780. The van der Waals surface area contributed by atoms with E-state index < -0.39 is 30.9 Å². The van der Waals surface area contributed by atoms with Crippen LogP contribution in [0.25, 0.3) is 0 Å². The number of rotatable bonds is 3. The van der Waals surface area contributed by atoms with Crippen LogP contribution in [0.2, 0.25) is 0 Å². The Kier molecular flexibility index (Phi) is 2.68. The van der Waals surface area contributed by atoms with Crippen molar-refractivity contribution in [3.63, 3.8) is 0 Å². The first-order valence-electron chi connectivity index (χ1n) is 3.42. The Balaban J connectivity index is 2.77. The first kappa shape index (κ1) is 10.4. The summed E-state index contributed by atoms with van der Waals surface area (Å²) in [5.41, 5.74) is 0. The van der Waals surface area contributed by atoms with Gasteiger partial charge in [0.15, 0.2) is 5.82 Å². The van der Waals surface area contributed by atoms with Gasteiger partial charge in [-0.1, -0.05) is 0 Å². The Morgan fingerprint density at radius 2 is 2.14 bits per heavy atom. The first-order valence-corrected chi connectivity index (χ1v) is 3.42. The molecule has 0 radical (unpaired) electrons. The molecule has 0 aliphatic carbocycles. The topological polar surface area (TPSA) is 80.9 Å². The standard InChI is InChI=1S/C5H5F3N4O2/c6-5(7,8)1-3-9-10-11-12(3)2-4(13)14/h1-2H2,(H,13,14). The summed E-state index contributed by atoms with van der Waals surface area (Å²) in [4.78, 5) is 10.2. The molecule has 0 bridgehead atoms. The molecule has 0 saturated heterocycles. The van der Waals surface area contributed by atoms with Crippen molar-refractivity contribution in [1.29, 1.82) is 0 Å². The molecule has 0 unspecified atom stereocenters. The van der Waals surface area contributed by atoms with E-state index in [1.54, 1.807) is 0 Å². The number of carbonyl (C=O) groups is 1. The molecule has 78 valence electrons. The van der Waals surface area contributed by atoms with E-state index in [2.05, 4.69) is 15.5 Å². The summed E-state index contributed by atoms with van der Waals surface area (Å²) in [7, 11) is 0. The van der Waals surface area contributed by atoms with E-state index in [1.807, 2.05) is 0 Å². The lowest BCUT2D eigenvalue weighted by atomic mass is 10.4. The van der Waals surface area contributed by atoms with Gasteiger partial charge in [-0.15, -0.1) is 5.10 Å². The first-order chi connectivity index (χ1) is 6.38. The lowest BCUT2D eigenvalue weighted by molar-refractivity contribution is -0.139. The lowest BCUT2D eigenvalue weighted by Crippen LogP contribution is -2.19. The van der Waals surface area contributed by atoms with E-state index in [-0.39, 0.29) is 0 Å². The van der Waals surface area contributed by atoms with E-state index in [1.165, 1.54) is 0 Å². The van der Waals surface area contributed by atoms with Gasteiger partial charge in [0, 0.05) is 0 Å². The largest absolute Gasteiger partial charge is 0.480 e. The number of aliphatic carboxylic acids is 1. The molecule has 14 heavy (non-hydrogen) atoms. The Morgan fingerprint density at radius 3 is 2.64 bits per heavy atom. The number of carboxylic acids is 1. The highest BCUT2D eigenvalue weighted by atomic mass is 19.4. The minimum Gasteiger partial charge on any atom is -0.480 e. The van der Waals surface area contributed by atoms with Crippen molar-refractivity contribution in [2.24, 2.45) is 0 Å². The highest BCUT2D eigenvalue weighted by molar-refractivity contribution is 5.66. The lowest BCUT2D eigenvalue weighted by Gasteiger charge is -2.04. The number of carboxylic acid groups (broad SMARTS) is 1. The molecule has 0 aromatic carbocycles. The average Bonchev–Trinajstić information content (AvgIpc) is 2.32. The molecule has 1 heterocycles. The second-order valence-electron chi connectivity index (χ2n) is 2.44. The van der Waals surface area contributed by atoms with Crippen LogP contribution in [0, 0.1) is 0 Å². The predicted molar refractivity (Wildman–Crippen MR) is 35.2 cm³/mol. The molecule has 0 aliphatic heterocycles. The van der Waals surface area contributed by atoms with Gasteiger partial charge in [-0.3, -0.25) is 4.79 Å². The fraction of sp³-hybridized carbons (Fsp3) is 0.600. The highest BCUT2D eigenvalue weighted by Crippen LogP contribution is 2.19. The quantitative estimate of drug-likeness (QED) is 0.751. The number of alkyl halides is 3. The van der Waals surface area contributed by atoms with E-state index >= 15 is 0 Å². The summed E-state index contributed by atoms with van der Waals surface area (Å²) < 4.78 is 36.2. The Hall–Kier alpha value is -1.67. The summed E-state index contributed by atoms with van der Waals surface area (Å²) in [6.45, 7) is -0.682. The van der Waals surface area contributed by atoms with Crippen molar-refractivity contribution < 1.29 is 23.1 Å². The number of nitrogens with zero attached hydrogens (tertiary/aromatic N) is 4. The minimum atomic E-state index is -4.45. The van der Waals surface area contributed by atoms with Crippen LogP contribution in [-0.2, 0) is 17.8 Å². The molecule has 0 saturated carbocycles. The van der Waals surface area contributed by atoms with Gasteiger partial charge < -0.3 is 5.11 Å². The van der Waals surface area contributed by atoms with E-state index in [9.17, 15) is 18.0 Å². The van der Waals surface area contributed by atoms with Crippen molar-refractivity contribution in [2.75, 3.05) is 0 Å². The monoisotopic (exact) mass is 210 g/mol. The van der Waals surface area contributed by atoms with Gasteiger partial charge in [0.25, 0.3) is 0 Å². The van der Waals surface area contributed by atoms with Crippen molar-refractivity contribution in [3.05, 3.63) is 5.82 Å². The van der Waals surface area contributed by atoms with Gasteiger partial charge >= 0.3 is 12.1 Å². The van der Waals surface area contributed by atoms with E-state index in [0.29, 0.717) is 4.68 Å². The molecule has 0 atom stereocenters. The fourth-order valence-corrected chi connectivity index (χ4v) is 0.780. The van der Waals surface area contributed by atoms with E-state index in [0.717, 1.165) is 0 Å². The molecule has 0 amide bonds. The van der Waals surface area contributed by atoms with Crippen LogP contribution in [0.5, 0.6) is 0 Å². The van der Waals surface area contributed by atoms with Crippen LogP contribution in [-0.4, -0.2) is 37.5 Å². The van der Waals surface area contributed by atoms with Crippen LogP contribution < -0.4 is 0 Å². The number of aromatic nitrogens is 4. The van der Waals surface area contributed by atoms with Crippen LogP contribution >= 0.6 is 0 Å². The van der Waals surface area contributed by atoms with Gasteiger partial charge in [0.05, 0.1) is 0 Å². The average molecular weight is 210 g/mol. The zero-order chi connectivity index (χ0) is 10.8. The third-order valence-electron chi connectivity index (χ3n) is 1.25. The summed E-state index contributed by atoms with van der Waals surface area (Å²) >= 11 is 0.